The average Bonchev–Trinajstić information content (AvgIpc) is 2.85. The van der Waals surface area contributed by atoms with Gasteiger partial charge in [0.25, 0.3) is 0 Å². The summed E-state index contributed by atoms with van der Waals surface area (Å²) in [6.07, 6.45) is 3.64. The van der Waals surface area contributed by atoms with Crippen LogP contribution in [0.4, 0.5) is 4.39 Å². The molecule has 0 atom stereocenters. The van der Waals surface area contributed by atoms with Crippen LogP contribution in [0, 0.1) is 12.7 Å². The Morgan fingerprint density at radius 2 is 2.11 bits per heavy atom. The van der Waals surface area contributed by atoms with E-state index in [-0.39, 0.29) is 11.4 Å². The lowest BCUT2D eigenvalue weighted by atomic mass is 10.2. The van der Waals surface area contributed by atoms with Crippen molar-refractivity contribution < 1.29 is 17.2 Å². The quantitative estimate of drug-likeness (QED) is 0.915. The van der Waals surface area contributed by atoms with Gasteiger partial charge in [-0.05, 0) is 48.7 Å². The van der Waals surface area contributed by atoms with Crippen LogP contribution >= 0.6 is 0 Å². The summed E-state index contributed by atoms with van der Waals surface area (Å²) in [5.41, 5.74) is 1.22. The Hall–Kier alpha value is -1.66. The summed E-state index contributed by atoms with van der Waals surface area (Å²) in [7, 11) is -3.60. The molecular weight excluding hydrogens is 269 g/mol. The lowest BCUT2D eigenvalue weighted by Gasteiger charge is -2.07. The van der Waals surface area contributed by atoms with Crippen molar-refractivity contribution in [1.29, 1.82) is 0 Å². The van der Waals surface area contributed by atoms with Gasteiger partial charge in [-0.15, -0.1) is 0 Å². The van der Waals surface area contributed by atoms with Crippen molar-refractivity contribution in [3.8, 4) is 0 Å². The van der Waals surface area contributed by atoms with Crippen molar-refractivity contribution in [1.82, 2.24) is 4.72 Å². The zero-order chi connectivity index (χ0) is 13.9. The van der Waals surface area contributed by atoms with E-state index in [0.717, 1.165) is 11.6 Å². The minimum absolute atomic E-state index is 0.0681. The first kappa shape index (κ1) is 13.8. The smallest absolute Gasteiger partial charge is 0.240 e. The molecule has 6 heteroatoms. The van der Waals surface area contributed by atoms with Gasteiger partial charge < -0.3 is 4.42 Å². The van der Waals surface area contributed by atoms with Gasteiger partial charge >= 0.3 is 0 Å². The fourth-order valence-electron chi connectivity index (χ4n) is 1.63. The molecule has 0 aliphatic rings. The molecule has 0 amide bonds. The second kappa shape index (κ2) is 5.54. The van der Waals surface area contributed by atoms with E-state index in [0.29, 0.717) is 12.0 Å². The molecule has 1 heterocycles. The van der Waals surface area contributed by atoms with Crippen molar-refractivity contribution in [3.63, 3.8) is 0 Å². The predicted octanol–water partition coefficient (Wildman–Crippen LogP) is 2.25. The fraction of sp³-hybridized carbons (Fsp3) is 0.231. The summed E-state index contributed by atoms with van der Waals surface area (Å²) in [6.45, 7) is 1.79. The summed E-state index contributed by atoms with van der Waals surface area (Å²) in [6, 6.07) is 5.49. The van der Waals surface area contributed by atoms with Crippen LogP contribution in [0.25, 0.3) is 0 Å². The first-order valence-electron chi connectivity index (χ1n) is 5.76. The third-order valence-electron chi connectivity index (χ3n) is 2.73. The molecule has 19 heavy (non-hydrogen) atoms. The number of halogens is 1. The molecule has 102 valence electrons. The summed E-state index contributed by atoms with van der Waals surface area (Å²) in [5, 5.41) is 0. The van der Waals surface area contributed by atoms with E-state index in [1.54, 1.807) is 12.3 Å². The molecule has 1 N–H and O–H groups in total. The van der Waals surface area contributed by atoms with Gasteiger partial charge in [0, 0.05) is 6.54 Å². The van der Waals surface area contributed by atoms with Crippen molar-refractivity contribution in [2.75, 3.05) is 6.54 Å². The zero-order valence-corrected chi connectivity index (χ0v) is 11.2. The Labute approximate surface area is 111 Å². The highest BCUT2D eigenvalue weighted by atomic mass is 32.2. The van der Waals surface area contributed by atoms with E-state index in [1.165, 1.54) is 25.3 Å². The Kier molecular flexibility index (Phi) is 4.01. The third kappa shape index (κ3) is 3.42. The Morgan fingerprint density at radius 1 is 1.32 bits per heavy atom. The number of nitrogens with one attached hydrogen (secondary N) is 1. The van der Waals surface area contributed by atoms with E-state index in [4.69, 9.17) is 4.42 Å². The lowest BCUT2D eigenvalue weighted by molar-refractivity contribution is 0.562. The standard InChI is InChI=1S/C13H14FNO3S/c1-10-8-12(2-3-13(10)14)19(16,17)15-6-4-11-5-7-18-9-11/h2-3,5,7-9,15H,4,6H2,1H3. The third-order valence-corrected chi connectivity index (χ3v) is 4.18. The number of aryl methyl sites for hydroxylation is 1. The minimum atomic E-state index is -3.60. The Bertz CT molecular complexity index is 651. The maximum atomic E-state index is 13.1. The number of hydrogen-bond acceptors (Lipinski definition) is 3. The van der Waals surface area contributed by atoms with Crippen LogP contribution in [0.2, 0.25) is 0 Å². The van der Waals surface area contributed by atoms with Crippen LogP contribution in [0.1, 0.15) is 11.1 Å². The molecule has 0 aliphatic heterocycles. The van der Waals surface area contributed by atoms with Gasteiger partial charge in [0.05, 0.1) is 17.4 Å². The number of rotatable bonds is 5. The van der Waals surface area contributed by atoms with Crippen molar-refractivity contribution in [3.05, 3.63) is 53.7 Å². The molecular formula is C13H14FNO3S. The molecule has 2 rings (SSSR count). The molecule has 1 aromatic carbocycles. The molecule has 0 saturated heterocycles. The highest BCUT2D eigenvalue weighted by Gasteiger charge is 2.14. The van der Waals surface area contributed by atoms with Crippen LogP contribution < -0.4 is 4.72 Å². The number of hydrogen-bond donors (Lipinski definition) is 1. The minimum Gasteiger partial charge on any atom is -0.472 e. The summed E-state index contributed by atoms with van der Waals surface area (Å²) in [5.74, 6) is -0.419. The van der Waals surface area contributed by atoms with Crippen molar-refractivity contribution in [2.45, 2.75) is 18.2 Å². The molecule has 0 bridgehead atoms. The van der Waals surface area contributed by atoms with Crippen LogP contribution in [0.5, 0.6) is 0 Å². The molecule has 4 nitrogen and oxygen atoms in total. The molecule has 1 aromatic heterocycles. The SMILES string of the molecule is Cc1cc(S(=O)(=O)NCCc2ccoc2)ccc1F. The molecule has 0 unspecified atom stereocenters. The van der Waals surface area contributed by atoms with E-state index in [2.05, 4.69) is 4.72 Å². The van der Waals surface area contributed by atoms with Crippen LogP contribution in [-0.4, -0.2) is 15.0 Å². The van der Waals surface area contributed by atoms with Crippen LogP contribution in [0.15, 0.2) is 46.1 Å². The first-order chi connectivity index (χ1) is 8.99. The first-order valence-corrected chi connectivity index (χ1v) is 7.24. The van der Waals surface area contributed by atoms with Crippen molar-refractivity contribution in [2.24, 2.45) is 0 Å². The van der Waals surface area contributed by atoms with Gasteiger partial charge in [-0.1, -0.05) is 0 Å². The maximum Gasteiger partial charge on any atom is 0.240 e. The van der Waals surface area contributed by atoms with Gasteiger partial charge in [0.15, 0.2) is 0 Å². The topological polar surface area (TPSA) is 59.3 Å². The molecule has 2 aromatic rings. The van der Waals surface area contributed by atoms with Gasteiger partial charge in [-0.25, -0.2) is 17.5 Å². The van der Waals surface area contributed by atoms with Gasteiger partial charge in [0.1, 0.15) is 5.82 Å². The number of sulfonamides is 1. The largest absolute Gasteiger partial charge is 0.472 e. The second-order valence-corrected chi connectivity index (χ2v) is 5.96. The molecule has 0 aliphatic carbocycles. The average molecular weight is 283 g/mol. The van der Waals surface area contributed by atoms with Gasteiger partial charge in [-0.2, -0.15) is 0 Å². The molecule has 0 saturated carbocycles. The van der Waals surface area contributed by atoms with Gasteiger partial charge in [-0.3, -0.25) is 0 Å². The van der Waals surface area contributed by atoms with E-state index in [9.17, 15) is 12.8 Å². The lowest BCUT2D eigenvalue weighted by Crippen LogP contribution is -2.26. The highest BCUT2D eigenvalue weighted by molar-refractivity contribution is 7.89. The van der Waals surface area contributed by atoms with E-state index in [1.807, 2.05) is 0 Å². The predicted molar refractivity (Wildman–Crippen MR) is 68.7 cm³/mol. The maximum absolute atomic E-state index is 13.1. The van der Waals surface area contributed by atoms with Gasteiger partial charge in [0.2, 0.25) is 10.0 Å². The summed E-state index contributed by atoms with van der Waals surface area (Å²) < 4.78 is 44.4. The molecule has 0 fully saturated rings. The summed E-state index contributed by atoms with van der Waals surface area (Å²) in [4.78, 5) is 0.0681. The number of furan rings is 1. The van der Waals surface area contributed by atoms with Crippen LogP contribution in [-0.2, 0) is 16.4 Å². The Balaban J connectivity index is 2.03. The number of benzene rings is 1. The Morgan fingerprint density at radius 3 is 2.74 bits per heavy atom. The molecule has 0 radical (unpaired) electrons. The normalized spacial score (nSPS) is 11.7. The zero-order valence-electron chi connectivity index (χ0n) is 10.4. The fourth-order valence-corrected chi connectivity index (χ4v) is 2.75. The van der Waals surface area contributed by atoms with E-state index >= 15 is 0 Å². The van der Waals surface area contributed by atoms with Crippen LogP contribution in [0.3, 0.4) is 0 Å². The molecule has 0 spiro atoms. The highest BCUT2D eigenvalue weighted by Crippen LogP contribution is 2.14. The van der Waals surface area contributed by atoms with E-state index < -0.39 is 15.8 Å². The monoisotopic (exact) mass is 283 g/mol. The van der Waals surface area contributed by atoms with Crippen molar-refractivity contribution >= 4 is 10.0 Å². The summed E-state index contributed by atoms with van der Waals surface area (Å²) >= 11 is 0. The second-order valence-electron chi connectivity index (χ2n) is 4.19.